The number of rotatable bonds is 3. The molecule has 0 unspecified atom stereocenters. The smallest absolute Gasteiger partial charge is 0.255 e. The molecule has 0 atom stereocenters. The number of imidazole rings is 1. The van der Waals surface area contributed by atoms with Crippen LogP contribution in [0.1, 0.15) is 16.2 Å². The first-order valence-corrected chi connectivity index (χ1v) is 6.56. The Morgan fingerprint density at radius 3 is 2.89 bits per heavy atom. The quantitative estimate of drug-likeness (QED) is 0.929. The van der Waals surface area contributed by atoms with Crippen LogP contribution in [0, 0.1) is 5.82 Å². The fourth-order valence-electron chi connectivity index (χ4n) is 1.55. The molecule has 0 aliphatic carbocycles. The molecule has 7 heteroatoms. The van der Waals surface area contributed by atoms with Crippen molar-refractivity contribution in [2.75, 3.05) is 0 Å². The van der Waals surface area contributed by atoms with Crippen LogP contribution in [0.3, 0.4) is 0 Å². The second-order valence-electron chi connectivity index (χ2n) is 3.84. The van der Waals surface area contributed by atoms with Gasteiger partial charge in [-0.1, -0.05) is 17.7 Å². The first kappa shape index (κ1) is 14.0. The average molecular weight is 347 g/mol. The molecule has 2 aromatic rings. The van der Waals surface area contributed by atoms with Gasteiger partial charge < -0.3 is 9.88 Å². The summed E-state index contributed by atoms with van der Waals surface area (Å²) in [4.78, 5) is 16.0. The van der Waals surface area contributed by atoms with Gasteiger partial charge in [0.2, 0.25) is 0 Å². The maximum atomic E-state index is 13.6. The molecule has 1 N–H and O–H groups in total. The van der Waals surface area contributed by atoms with Gasteiger partial charge in [-0.3, -0.25) is 4.79 Å². The van der Waals surface area contributed by atoms with E-state index in [1.54, 1.807) is 17.7 Å². The molecule has 100 valence electrons. The van der Waals surface area contributed by atoms with Crippen molar-refractivity contribution in [3.05, 3.63) is 51.2 Å². The lowest BCUT2D eigenvalue weighted by atomic mass is 10.2. The summed E-state index contributed by atoms with van der Waals surface area (Å²) >= 11 is 8.98. The SMILES string of the molecule is Cn1c(Cl)cnc1CNC(=O)c1c(F)cccc1Br. The fourth-order valence-corrected chi connectivity index (χ4v) is 2.22. The van der Waals surface area contributed by atoms with Crippen LogP contribution in [0.15, 0.2) is 28.9 Å². The molecule has 4 nitrogen and oxygen atoms in total. The fraction of sp³-hybridized carbons (Fsp3) is 0.167. The lowest BCUT2D eigenvalue weighted by Gasteiger charge is -2.08. The van der Waals surface area contributed by atoms with Crippen LogP contribution in [0.25, 0.3) is 0 Å². The van der Waals surface area contributed by atoms with E-state index in [-0.39, 0.29) is 12.1 Å². The first-order chi connectivity index (χ1) is 9.00. The Kier molecular flexibility index (Phi) is 4.21. The molecule has 0 aliphatic heterocycles. The summed E-state index contributed by atoms with van der Waals surface area (Å²) in [6.07, 6.45) is 1.49. The maximum absolute atomic E-state index is 13.6. The van der Waals surface area contributed by atoms with Gasteiger partial charge in [0.05, 0.1) is 18.3 Å². The van der Waals surface area contributed by atoms with Crippen LogP contribution < -0.4 is 5.32 Å². The van der Waals surface area contributed by atoms with Crippen molar-refractivity contribution in [2.24, 2.45) is 7.05 Å². The first-order valence-electron chi connectivity index (χ1n) is 5.39. The normalized spacial score (nSPS) is 10.5. The lowest BCUT2D eigenvalue weighted by Crippen LogP contribution is -2.25. The zero-order valence-corrected chi connectivity index (χ0v) is 12.3. The van der Waals surface area contributed by atoms with Gasteiger partial charge >= 0.3 is 0 Å². The molecule has 1 aromatic heterocycles. The standard InChI is InChI=1S/C12H10BrClFN3O/c1-18-9(14)5-16-10(18)6-17-12(19)11-7(13)3-2-4-8(11)15/h2-5H,6H2,1H3,(H,17,19). The van der Waals surface area contributed by atoms with E-state index in [1.165, 1.54) is 18.3 Å². The van der Waals surface area contributed by atoms with E-state index in [2.05, 4.69) is 26.2 Å². The van der Waals surface area contributed by atoms with Crippen molar-refractivity contribution in [3.63, 3.8) is 0 Å². The highest BCUT2D eigenvalue weighted by molar-refractivity contribution is 9.10. The Labute approximate surface area is 122 Å². The van der Waals surface area contributed by atoms with Crippen LogP contribution in [0.4, 0.5) is 4.39 Å². The van der Waals surface area contributed by atoms with Gasteiger partial charge in [0.25, 0.3) is 5.91 Å². The highest BCUT2D eigenvalue weighted by Crippen LogP contribution is 2.19. The molecule has 1 amide bonds. The lowest BCUT2D eigenvalue weighted by molar-refractivity contribution is 0.0944. The molecule has 1 aromatic carbocycles. The van der Waals surface area contributed by atoms with E-state index in [1.807, 2.05) is 0 Å². The number of nitrogens with one attached hydrogen (secondary N) is 1. The third-order valence-corrected chi connectivity index (χ3v) is 3.64. The molecule has 19 heavy (non-hydrogen) atoms. The Morgan fingerprint density at radius 2 is 2.32 bits per heavy atom. The summed E-state index contributed by atoms with van der Waals surface area (Å²) in [6, 6.07) is 4.36. The van der Waals surface area contributed by atoms with Gasteiger partial charge in [-0.05, 0) is 28.1 Å². The molecule has 0 saturated heterocycles. The van der Waals surface area contributed by atoms with E-state index in [4.69, 9.17) is 11.6 Å². The molecular formula is C12H10BrClFN3O. The number of halogens is 3. The third kappa shape index (κ3) is 2.96. The minimum atomic E-state index is -0.579. The Bertz CT molecular complexity index is 609. The van der Waals surface area contributed by atoms with Crippen LogP contribution in [-0.2, 0) is 13.6 Å². The number of hydrogen-bond donors (Lipinski definition) is 1. The summed E-state index contributed by atoms with van der Waals surface area (Å²) < 4.78 is 15.6. The van der Waals surface area contributed by atoms with Gasteiger partial charge in [0.15, 0.2) is 0 Å². The number of carbonyl (C=O) groups excluding carboxylic acids is 1. The predicted octanol–water partition coefficient (Wildman–Crippen LogP) is 2.91. The molecule has 0 aliphatic rings. The molecule has 0 radical (unpaired) electrons. The highest BCUT2D eigenvalue weighted by atomic mass is 79.9. The van der Waals surface area contributed by atoms with Crippen molar-refractivity contribution >= 4 is 33.4 Å². The molecule has 0 fully saturated rings. The monoisotopic (exact) mass is 345 g/mol. The molecule has 2 rings (SSSR count). The van der Waals surface area contributed by atoms with Gasteiger partial charge in [-0.2, -0.15) is 0 Å². The Hall–Kier alpha value is -1.40. The van der Waals surface area contributed by atoms with E-state index < -0.39 is 11.7 Å². The molecule has 0 saturated carbocycles. The van der Waals surface area contributed by atoms with Gasteiger partial charge in [-0.15, -0.1) is 0 Å². The topological polar surface area (TPSA) is 46.9 Å². The Morgan fingerprint density at radius 1 is 1.58 bits per heavy atom. The van der Waals surface area contributed by atoms with Crippen LogP contribution in [0.5, 0.6) is 0 Å². The second kappa shape index (κ2) is 5.71. The van der Waals surface area contributed by atoms with Crippen molar-refractivity contribution in [2.45, 2.75) is 6.54 Å². The van der Waals surface area contributed by atoms with E-state index in [0.29, 0.717) is 15.5 Å². The van der Waals surface area contributed by atoms with Crippen LogP contribution in [-0.4, -0.2) is 15.5 Å². The number of aromatic nitrogens is 2. The van der Waals surface area contributed by atoms with Crippen LogP contribution in [0.2, 0.25) is 5.15 Å². The van der Waals surface area contributed by atoms with Crippen LogP contribution >= 0.6 is 27.5 Å². The van der Waals surface area contributed by atoms with Crippen molar-refractivity contribution < 1.29 is 9.18 Å². The Balaban J connectivity index is 2.12. The summed E-state index contributed by atoms with van der Waals surface area (Å²) in [6.45, 7) is 0.169. The molecular weight excluding hydrogens is 337 g/mol. The zero-order valence-electron chi connectivity index (χ0n) is 9.95. The van der Waals surface area contributed by atoms with Crippen molar-refractivity contribution in [1.82, 2.24) is 14.9 Å². The summed E-state index contributed by atoms with van der Waals surface area (Å²) in [7, 11) is 1.73. The van der Waals surface area contributed by atoms with Gasteiger partial charge in [-0.25, -0.2) is 9.37 Å². The molecule has 0 bridgehead atoms. The largest absolute Gasteiger partial charge is 0.345 e. The second-order valence-corrected chi connectivity index (χ2v) is 5.08. The van der Waals surface area contributed by atoms with Crippen molar-refractivity contribution in [1.29, 1.82) is 0 Å². The number of hydrogen-bond acceptors (Lipinski definition) is 2. The van der Waals surface area contributed by atoms with Gasteiger partial charge in [0.1, 0.15) is 16.8 Å². The van der Waals surface area contributed by atoms with E-state index >= 15 is 0 Å². The number of benzene rings is 1. The van der Waals surface area contributed by atoms with E-state index in [9.17, 15) is 9.18 Å². The molecule has 0 spiro atoms. The minimum Gasteiger partial charge on any atom is -0.345 e. The summed E-state index contributed by atoms with van der Waals surface area (Å²) in [5.41, 5.74) is -0.0252. The highest BCUT2D eigenvalue weighted by Gasteiger charge is 2.15. The van der Waals surface area contributed by atoms with Gasteiger partial charge in [0, 0.05) is 11.5 Å². The summed E-state index contributed by atoms with van der Waals surface area (Å²) in [5.74, 6) is -0.500. The van der Waals surface area contributed by atoms with Crippen molar-refractivity contribution in [3.8, 4) is 0 Å². The third-order valence-electron chi connectivity index (χ3n) is 2.62. The summed E-state index contributed by atoms with van der Waals surface area (Å²) in [5, 5.41) is 3.07. The molecule has 1 heterocycles. The minimum absolute atomic E-state index is 0.0252. The number of amides is 1. The number of carbonyl (C=O) groups is 1. The average Bonchev–Trinajstić information content (AvgIpc) is 2.67. The maximum Gasteiger partial charge on any atom is 0.255 e. The number of nitrogens with zero attached hydrogens (tertiary/aromatic N) is 2. The zero-order chi connectivity index (χ0) is 14.0. The predicted molar refractivity (Wildman–Crippen MR) is 73.5 cm³/mol. The van der Waals surface area contributed by atoms with E-state index in [0.717, 1.165) is 0 Å².